The third-order valence-electron chi connectivity index (χ3n) is 4.11. The summed E-state index contributed by atoms with van der Waals surface area (Å²) in [6.07, 6.45) is 1.62. The van der Waals surface area contributed by atoms with Gasteiger partial charge in [-0.05, 0) is 18.2 Å². The van der Waals surface area contributed by atoms with E-state index >= 15 is 0 Å². The van der Waals surface area contributed by atoms with Crippen LogP contribution in [0.2, 0.25) is 0 Å². The van der Waals surface area contributed by atoms with Gasteiger partial charge < -0.3 is 9.47 Å². The van der Waals surface area contributed by atoms with E-state index in [0.29, 0.717) is 23.6 Å². The maximum atomic E-state index is 12.3. The molecular formula is C18H20N2O4S. The number of para-hydroxylation sites is 1. The summed E-state index contributed by atoms with van der Waals surface area (Å²) in [7, 11) is -0.357. The average molecular weight is 360 g/mol. The Morgan fingerprint density at radius 1 is 1.08 bits per heavy atom. The third kappa shape index (κ3) is 3.46. The molecule has 0 aliphatic carbocycles. The van der Waals surface area contributed by atoms with Crippen LogP contribution in [0.3, 0.4) is 0 Å². The van der Waals surface area contributed by atoms with E-state index in [1.54, 1.807) is 14.2 Å². The van der Waals surface area contributed by atoms with Crippen LogP contribution >= 0.6 is 0 Å². The maximum Gasteiger partial charge on any atom is 0.247 e. The van der Waals surface area contributed by atoms with E-state index in [0.717, 1.165) is 17.4 Å². The summed E-state index contributed by atoms with van der Waals surface area (Å²) in [5.41, 5.74) is 2.32. The number of ether oxygens (including phenoxy) is 2. The van der Waals surface area contributed by atoms with Crippen LogP contribution < -0.4 is 9.47 Å². The zero-order valence-electron chi connectivity index (χ0n) is 14.3. The van der Waals surface area contributed by atoms with Crippen LogP contribution in [-0.2, 0) is 10.0 Å². The van der Waals surface area contributed by atoms with E-state index in [2.05, 4.69) is 5.10 Å². The Bertz CT molecular complexity index is 909. The van der Waals surface area contributed by atoms with Gasteiger partial charge in [0.15, 0.2) is 0 Å². The monoisotopic (exact) mass is 360 g/mol. The molecule has 0 fully saturated rings. The lowest BCUT2D eigenvalue weighted by atomic mass is 9.98. The van der Waals surface area contributed by atoms with Crippen molar-refractivity contribution in [2.24, 2.45) is 5.10 Å². The molecule has 0 spiro atoms. The minimum atomic E-state index is -3.52. The van der Waals surface area contributed by atoms with Crippen LogP contribution in [-0.4, -0.2) is 39.0 Å². The Labute approximate surface area is 147 Å². The lowest BCUT2D eigenvalue weighted by Gasteiger charge is -2.23. The first-order valence-corrected chi connectivity index (χ1v) is 9.63. The number of nitrogens with zero attached hydrogens (tertiary/aromatic N) is 2. The highest BCUT2D eigenvalue weighted by Gasteiger charge is 2.36. The summed E-state index contributed by atoms with van der Waals surface area (Å²) in [5, 5.41) is 4.39. The zero-order valence-corrected chi connectivity index (χ0v) is 15.2. The lowest BCUT2D eigenvalue weighted by Crippen LogP contribution is -2.26. The molecule has 0 N–H and O–H groups in total. The fraction of sp³-hybridized carbons (Fsp3) is 0.278. The van der Waals surface area contributed by atoms with Gasteiger partial charge in [0, 0.05) is 17.5 Å². The first kappa shape index (κ1) is 17.3. The molecule has 1 aliphatic heterocycles. The molecule has 6 nitrogen and oxygen atoms in total. The van der Waals surface area contributed by atoms with Crippen molar-refractivity contribution >= 4 is 15.7 Å². The molecule has 1 unspecified atom stereocenters. The Morgan fingerprint density at radius 3 is 2.52 bits per heavy atom. The maximum absolute atomic E-state index is 12.3. The molecule has 3 rings (SSSR count). The second-order valence-electron chi connectivity index (χ2n) is 5.78. The predicted molar refractivity (Wildman–Crippen MR) is 96.6 cm³/mol. The van der Waals surface area contributed by atoms with Gasteiger partial charge >= 0.3 is 0 Å². The number of hydrogen-bond donors (Lipinski definition) is 0. The van der Waals surface area contributed by atoms with E-state index in [9.17, 15) is 8.42 Å². The molecule has 132 valence electrons. The number of methoxy groups -OCH3 is 2. The fourth-order valence-corrected chi connectivity index (χ4v) is 3.84. The molecule has 1 atom stereocenters. The van der Waals surface area contributed by atoms with E-state index in [1.807, 2.05) is 48.5 Å². The normalized spacial score (nSPS) is 17.3. The van der Waals surface area contributed by atoms with Gasteiger partial charge in [-0.2, -0.15) is 9.52 Å². The fourth-order valence-electron chi connectivity index (χ4n) is 2.94. The van der Waals surface area contributed by atoms with Gasteiger partial charge in [0.05, 0.1) is 32.2 Å². The molecule has 1 aliphatic rings. The van der Waals surface area contributed by atoms with Crippen molar-refractivity contribution in [2.75, 3.05) is 20.5 Å². The van der Waals surface area contributed by atoms with Gasteiger partial charge in [0.1, 0.15) is 11.5 Å². The quantitative estimate of drug-likeness (QED) is 0.822. The summed E-state index contributed by atoms with van der Waals surface area (Å²) in [6.45, 7) is 0. The Balaban J connectivity index is 2.04. The van der Waals surface area contributed by atoms with Crippen molar-refractivity contribution in [1.29, 1.82) is 0 Å². The minimum Gasteiger partial charge on any atom is -0.497 e. The molecule has 0 amide bonds. The van der Waals surface area contributed by atoms with Crippen molar-refractivity contribution < 1.29 is 17.9 Å². The molecule has 0 saturated heterocycles. The van der Waals surface area contributed by atoms with Gasteiger partial charge in [0.2, 0.25) is 10.0 Å². The van der Waals surface area contributed by atoms with Crippen molar-refractivity contribution in [3.05, 3.63) is 59.7 Å². The molecule has 2 aromatic carbocycles. The molecule has 0 radical (unpaired) electrons. The van der Waals surface area contributed by atoms with Crippen LogP contribution in [0.4, 0.5) is 0 Å². The van der Waals surface area contributed by atoms with Gasteiger partial charge in [-0.3, -0.25) is 0 Å². The van der Waals surface area contributed by atoms with E-state index < -0.39 is 16.1 Å². The predicted octanol–water partition coefficient (Wildman–Crippen LogP) is 2.81. The molecule has 0 saturated carbocycles. The SMILES string of the molecule is COc1cccc(C2=NN(S(C)(=O)=O)C(c3ccccc3OC)C2)c1. The lowest BCUT2D eigenvalue weighted by molar-refractivity contribution is 0.352. The van der Waals surface area contributed by atoms with Crippen LogP contribution in [0.1, 0.15) is 23.6 Å². The number of hydrazone groups is 1. The number of rotatable bonds is 5. The van der Waals surface area contributed by atoms with Crippen LogP contribution in [0.15, 0.2) is 53.6 Å². The smallest absolute Gasteiger partial charge is 0.247 e. The van der Waals surface area contributed by atoms with Crippen LogP contribution in [0, 0.1) is 0 Å². The number of sulfonamides is 1. The summed E-state index contributed by atoms with van der Waals surface area (Å²) >= 11 is 0. The largest absolute Gasteiger partial charge is 0.497 e. The van der Waals surface area contributed by atoms with E-state index in [1.165, 1.54) is 4.41 Å². The van der Waals surface area contributed by atoms with Crippen molar-refractivity contribution in [1.82, 2.24) is 4.41 Å². The number of benzene rings is 2. The van der Waals surface area contributed by atoms with Gasteiger partial charge in [0.25, 0.3) is 0 Å². The molecule has 7 heteroatoms. The van der Waals surface area contributed by atoms with Crippen molar-refractivity contribution in [3.63, 3.8) is 0 Å². The summed E-state index contributed by atoms with van der Waals surface area (Å²) < 4.78 is 36.4. The highest BCUT2D eigenvalue weighted by molar-refractivity contribution is 7.88. The Morgan fingerprint density at radius 2 is 1.84 bits per heavy atom. The molecule has 0 bridgehead atoms. The third-order valence-corrected chi connectivity index (χ3v) is 5.13. The first-order chi connectivity index (χ1) is 11.9. The molecular weight excluding hydrogens is 340 g/mol. The topological polar surface area (TPSA) is 68.2 Å². The van der Waals surface area contributed by atoms with Crippen molar-refractivity contribution in [2.45, 2.75) is 12.5 Å². The Kier molecular flexibility index (Phi) is 4.67. The Hall–Kier alpha value is -2.54. The van der Waals surface area contributed by atoms with Gasteiger partial charge in [-0.15, -0.1) is 0 Å². The molecule has 2 aromatic rings. The molecule has 25 heavy (non-hydrogen) atoms. The van der Waals surface area contributed by atoms with Gasteiger partial charge in [-0.1, -0.05) is 30.3 Å². The zero-order chi connectivity index (χ0) is 18.0. The highest BCUT2D eigenvalue weighted by atomic mass is 32.2. The second-order valence-corrected chi connectivity index (χ2v) is 7.62. The minimum absolute atomic E-state index is 0.438. The molecule has 1 heterocycles. The second kappa shape index (κ2) is 6.76. The van der Waals surface area contributed by atoms with E-state index in [4.69, 9.17) is 9.47 Å². The van der Waals surface area contributed by atoms with Crippen LogP contribution in [0.25, 0.3) is 0 Å². The first-order valence-electron chi connectivity index (χ1n) is 7.78. The number of hydrogen-bond acceptors (Lipinski definition) is 5. The van der Waals surface area contributed by atoms with Crippen LogP contribution in [0.5, 0.6) is 11.5 Å². The highest BCUT2D eigenvalue weighted by Crippen LogP contribution is 2.38. The summed E-state index contributed by atoms with van der Waals surface area (Å²) in [6, 6.07) is 14.4. The molecule has 0 aromatic heterocycles. The summed E-state index contributed by atoms with van der Waals surface area (Å²) in [4.78, 5) is 0. The standard InChI is InChI=1S/C18H20N2O4S/c1-23-14-8-6-7-13(11-14)16-12-17(20(19-16)25(3,21)22)15-9-4-5-10-18(15)24-2/h4-11,17H,12H2,1-3H3. The van der Waals surface area contributed by atoms with E-state index in [-0.39, 0.29) is 0 Å². The van der Waals surface area contributed by atoms with Crippen molar-refractivity contribution in [3.8, 4) is 11.5 Å². The average Bonchev–Trinajstić information content (AvgIpc) is 3.07. The summed E-state index contributed by atoms with van der Waals surface area (Å²) in [5.74, 6) is 1.34. The van der Waals surface area contributed by atoms with Gasteiger partial charge in [-0.25, -0.2) is 8.42 Å².